The first-order valence-electron chi connectivity index (χ1n) is 5.97. The van der Waals surface area contributed by atoms with Crippen molar-refractivity contribution in [3.05, 3.63) is 29.3 Å². The van der Waals surface area contributed by atoms with Gasteiger partial charge in [-0.1, -0.05) is 0 Å². The summed E-state index contributed by atoms with van der Waals surface area (Å²) in [6, 6.07) is 1.79. The maximum Gasteiger partial charge on any atom is 0.260 e. The fourth-order valence-corrected chi connectivity index (χ4v) is 1.89. The minimum atomic E-state index is -1.02. The first kappa shape index (κ1) is 15.4. The predicted molar refractivity (Wildman–Crippen MR) is 68.8 cm³/mol. The standard InChI is InChI=1S/C13H18F2N2O2/c1-4-17(8(2)7-19-3)13(18)11-9(14)5-6-10(16)12(11)15/h5-6,8H,4,7,16H2,1-3H3. The molecule has 0 radical (unpaired) electrons. The summed E-state index contributed by atoms with van der Waals surface area (Å²) >= 11 is 0. The topological polar surface area (TPSA) is 55.6 Å². The molecular weight excluding hydrogens is 254 g/mol. The second-order valence-electron chi connectivity index (χ2n) is 4.22. The third kappa shape index (κ3) is 3.20. The molecule has 2 N–H and O–H groups in total. The number of nitrogens with zero attached hydrogens (tertiary/aromatic N) is 1. The van der Waals surface area contributed by atoms with Crippen LogP contribution in [0.15, 0.2) is 12.1 Å². The Balaban J connectivity index is 3.14. The molecule has 0 aliphatic rings. The molecule has 0 saturated heterocycles. The molecule has 1 unspecified atom stereocenters. The minimum Gasteiger partial charge on any atom is -0.396 e. The Hall–Kier alpha value is -1.69. The number of nitrogen functional groups attached to an aromatic ring is 1. The van der Waals surface area contributed by atoms with Gasteiger partial charge in [0.1, 0.15) is 11.4 Å². The van der Waals surface area contributed by atoms with Gasteiger partial charge in [0.25, 0.3) is 5.91 Å². The van der Waals surface area contributed by atoms with Crippen molar-refractivity contribution in [3.8, 4) is 0 Å². The Morgan fingerprint density at radius 1 is 1.47 bits per heavy atom. The monoisotopic (exact) mass is 272 g/mol. The number of anilines is 1. The Morgan fingerprint density at radius 3 is 2.63 bits per heavy atom. The molecule has 0 heterocycles. The Bertz CT molecular complexity index is 466. The van der Waals surface area contributed by atoms with Crippen molar-refractivity contribution in [1.82, 2.24) is 4.90 Å². The molecule has 0 saturated carbocycles. The zero-order valence-electron chi connectivity index (χ0n) is 11.2. The van der Waals surface area contributed by atoms with E-state index in [9.17, 15) is 13.6 Å². The van der Waals surface area contributed by atoms with Crippen molar-refractivity contribution in [3.63, 3.8) is 0 Å². The highest BCUT2D eigenvalue weighted by atomic mass is 19.1. The van der Waals surface area contributed by atoms with E-state index in [1.807, 2.05) is 0 Å². The van der Waals surface area contributed by atoms with Gasteiger partial charge in [-0.15, -0.1) is 0 Å². The van der Waals surface area contributed by atoms with Crippen LogP contribution >= 0.6 is 0 Å². The number of rotatable bonds is 5. The van der Waals surface area contributed by atoms with Gasteiger partial charge in [0.05, 0.1) is 18.3 Å². The quantitative estimate of drug-likeness (QED) is 0.835. The summed E-state index contributed by atoms with van der Waals surface area (Å²) in [5.74, 6) is -2.66. The van der Waals surface area contributed by atoms with E-state index in [2.05, 4.69) is 0 Å². The molecule has 0 aliphatic heterocycles. The average Bonchev–Trinajstić information content (AvgIpc) is 2.35. The number of halogens is 2. The maximum atomic E-state index is 13.8. The molecule has 0 bridgehead atoms. The van der Waals surface area contributed by atoms with Crippen LogP contribution in [0.2, 0.25) is 0 Å². The maximum absolute atomic E-state index is 13.8. The van der Waals surface area contributed by atoms with E-state index in [0.29, 0.717) is 6.54 Å². The Kier molecular flexibility index (Phi) is 5.23. The number of benzene rings is 1. The number of methoxy groups -OCH3 is 1. The third-order valence-corrected chi connectivity index (χ3v) is 2.88. The van der Waals surface area contributed by atoms with Crippen molar-refractivity contribution in [1.29, 1.82) is 0 Å². The summed E-state index contributed by atoms with van der Waals surface area (Å²) in [5.41, 5.74) is 4.50. The van der Waals surface area contributed by atoms with Gasteiger partial charge in [-0.2, -0.15) is 0 Å². The first-order chi connectivity index (χ1) is 8.93. The summed E-state index contributed by atoms with van der Waals surface area (Å²) in [6.45, 7) is 4.07. The molecule has 1 rings (SSSR count). The number of carbonyl (C=O) groups excluding carboxylic acids is 1. The summed E-state index contributed by atoms with van der Waals surface area (Å²) in [4.78, 5) is 13.6. The molecule has 0 aliphatic carbocycles. The number of likely N-dealkylation sites (N-methyl/N-ethyl adjacent to an activating group) is 1. The van der Waals surface area contributed by atoms with Gasteiger partial charge in [-0.05, 0) is 26.0 Å². The second-order valence-corrected chi connectivity index (χ2v) is 4.22. The fraction of sp³-hybridized carbons (Fsp3) is 0.462. The highest BCUT2D eigenvalue weighted by Crippen LogP contribution is 2.21. The van der Waals surface area contributed by atoms with Crippen LogP contribution in [0.1, 0.15) is 24.2 Å². The molecule has 0 spiro atoms. The summed E-state index contributed by atoms with van der Waals surface area (Å²) in [6.07, 6.45) is 0. The molecule has 4 nitrogen and oxygen atoms in total. The Labute approximate surface area is 111 Å². The summed E-state index contributed by atoms with van der Waals surface area (Å²) in [5, 5.41) is 0. The lowest BCUT2D eigenvalue weighted by Crippen LogP contribution is -2.41. The van der Waals surface area contributed by atoms with Crippen LogP contribution in [0.25, 0.3) is 0 Å². The average molecular weight is 272 g/mol. The van der Waals surface area contributed by atoms with E-state index in [4.69, 9.17) is 10.5 Å². The van der Waals surface area contributed by atoms with E-state index in [1.165, 1.54) is 12.0 Å². The van der Waals surface area contributed by atoms with Crippen molar-refractivity contribution in [2.24, 2.45) is 0 Å². The minimum absolute atomic E-state index is 0.250. The fourth-order valence-electron chi connectivity index (χ4n) is 1.89. The molecular formula is C13H18F2N2O2. The van der Waals surface area contributed by atoms with E-state index in [0.717, 1.165) is 12.1 Å². The number of carbonyl (C=O) groups is 1. The van der Waals surface area contributed by atoms with E-state index in [-0.39, 0.29) is 18.3 Å². The van der Waals surface area contributed by atoms with Crippen molar-refractivity contribution in [2.45, 2.75) is 19.9 Å². The molecule has 19 heavy (non-hydrogen) atoms. The smallest absolute Gasteiger partial charge is 0.260 e. The lowest BCUT2D eigenvalue weighted by molar-refractivity contribution is 0.0570. The van der Waals surface area contributed by atoms with Crippen LogP contribution in [-0.2, 0) is 4.74 Å². The first-order valence-corrected chi connectivity index (χ1v) is 5.97. The largest absolute Gasteiger partial charge is 0.396 e. The van der Waals surface area contributed by atoms with Crippen molar-refractivity contribution < 1.29 is 18.3 Å². The lowest BCUT2D eigenvalue weighted by atomic mass is 10.1. The highest BCUT2D eigenvalue weighted by molar-refractivity contribution is 5.96. The molecule has 0 fully saturated rings. The molecule has 6 heteroatoms. The van der Waals surface area contributed by atoms with Gasteiger partial charge >= 0.3 is 0 Å². The molecule has 1 atom stereocenters. The highest BCUT2D eigenvalue weighted by Gasteiger charge is 2.26. The number of hydrogen-bond donors (Lipinski definition) is 1. The van der Waals surface area contributed by atoms with Gasteiger partial charge in [-0.3, -0.25) is 4.79 Å². The molecule has 1 aromatic carbocycles. The van der Waals surface area contributed by atoms with Gasteiger partial charge in [0, 0.05) is 13.7 Å². The van der Waals surface area contributed by atoms with Gasteiger partial charge in [-0.25, -0.2) is 8.78 Å². The zero-order valence-corrected chi connectivity index (χ0v) is 11.2. The van der Waals surface area contributed by atoms with Crippen LogP contribution in [0.5, 0.6) is 0 Å². The molecule has 0 aromatic heterocycles. The van der Waals surface area contributed by atoms with Gasteiger partial charge < -0.3 is 15.4 Å². The predicted octanol–water partition coefficient (Wildman–Crippen LogP) is 2.04. The Morgan fingerprint density at radius 2 is 2.11 bits per heavy atom. The number of hydrogen-bond acceptors (Lipinski definition) is 3. The summed E-state index contributed by atoms with van der Waals surface area (Å²) in [7, 11) is 1.50. The van der Waals surface area contributed by atoms with Crippen LogP contribution < -0.4 is 5.73 Å². The van der Waals surface area contributed by atoms with E-state index >= 15 is 0 Å². The van der Waals surface area contributed by atoms with Gasteiger partial charge in [0.2, 0.25) is 0 Å². The molecule has 1 aromatic rings. The van der Waals surface area contributed by atoms with Crippen LogP contribution in [0.4, 0.5) is 14.5 Å². The second kappa shape index (κ2) is 6.47. The van der Waals surface area contributed by atoms with E-state index in [1.54, 1.807) is 13.8 Å². The number of ether oxygens (including phenoxy) is 1. The van der Waals surface area contributed by atoms with Gasteiger partial charge in [0.15, 0.2) is 5.82 Å². The van der Waals surface area contributed by atoms with Crippen molar-refractivity contribution in [2.75, 3.05) is 26.0 Å². The van der Waals surface area contributed by atoms with Crippen LogP contribution in [0, 0.1) is 11.6 Å². The van der Waals surface area contributed by atoms with Crippen molar-refractivity contribution >= 4 is 11.6 Å². The van der Waals surface area contributed by atoms with Crippen LogP contribution in [-0.4, -0.2) is 37.1 Å². The lowest BCUT2D eigenvalue weighted by Gasteiger charge is -2.28. The van der Waals surface area contributed by atoms with Crippen LogP contribution in [0.3, 0.4) is 0 Å². The zero-order chi connectivity index (χ0) is 14.6. The SMILES string of the molecule is CCN(C(=O)c1c(F)ccc(N)c1F)C(C)COC. The normalized spacial score (nSPS) is 12.3. The summed E-state index contributed by atoms with van der Waals surface area (Å²) < 4.78 is 32.4. The molecule has 1 amide bonds. The number of nitrogens with two attached hydrogens (primary N) is 1. The van der Waals surface area contributed by atoms with E-state index < -0.39 is 23.1 Å². The number of amides is 1. The molecule has 106 valence electrons. The third-order valence-electron chi connectivity index (χ3n) is 2.88.